The molecule has 0 radical (unpaired) electrons. The Hall–Kier alpha value is -1.07. The third-order valence-corrected chi connectivity index (χ3v) is 6.93. The fourth-order valence-corrected chi connectivity index (χ4v) is 4.73. The van der Waals surface area contributed by atoms with Crippen LogP contribution in [0.25, 0.3) is 0 Å². The van der Waals surface area contributed by atoms with Crippen LogP contribution >= 0.6 is 39.1 Å². The number of amides is 1. The fraction of sp³-hybridized carbons (Fsp3) is 0.435. The number of carbonyl (C=O) groups excluding carboxylic acids is 1. The first kappa shape index (κ1) is 22.6. The van der Waals surface area contributed by atoms with Gasteiger partial charge in [0, 0.05) is 30.1 Å². The largest absolute Gasteiger partial charge is 0.345 e. The Kier molecular flexibility index (Phi) is 8.03. The zero-order chi connectivity index (χ0) is 21.0. The Labute approximate surface area is 192 Å². The summed E-state index contributed by atoms with van der Waals surface area (Å²) in [4.78, 5) is 16.2. The molecule has 0 unspecified atom stereocenters. The second kappa shape index (κ2) is 10.3. The van der Waals surface area contributed by atoms with Crippen LogP contribution in [0, 0.1) is 5.92 Å². The summed E-state index contributed by atoms with van der Waals surface area (Å²) in [5, 5.41) is 1.34. The van der Waals surface area contributed by atoms with Gasteiger partial charge in [-0.15, -0.1) is 0 Å². The zero-order valence-electron chi connectivity index (χ0n) is 16.9. The van der Waals surface area contributed by atoms with Gasteiger partial charge in [-0.05, 0) is 86.1 Å². The van der Waals surface area contributed by atoms with Gasteiger partial charge in [-0.1, -0.05) is 45.2 Å². The summed E-state index contributed by atoms with van der Waals surface area (Å²) in [6.45, 7) is 3.26. The monoisotopic (exact) mass is 496 g/mol. The Morgan fingerprint density at radius 2 is 1.86 bits per heavy atom. The molecule has 1 heterocycles. The second-order valence-electron chi connectivity index (χ2n) is 7.99. The van der Waals surface area contributed by atoms with E-state index in [1.807, 2.05) is 30.3 Å². The van der Waals surface area contributed by atoms with Crippen LogP contribution in [0.1, 0.15) is 34.3 Å². The molecule has 29 heavy (non-hydrogen) atoms. The highest BCUT2D eigenvalue weighted by molar-refractivity contribution is 9.10. The van der Waals surface area contributed by atoms with Gasteiger partial charge in [-0.2, -0.15) is 0 Å². The molecule has 6 heteroatoms. The van der Waals surface area contributed by atoms with Crippen molar-refractivity contribution in [1.82, 2.24) is 9.80 Å². The van der Waals surface area contributed by atoms with Crippen LogP contribution in [0.2, 0.25) is 10.0 Å². The number of piperidine rings is 1. The van der Waals surface area contributed by atoms with Crippen LogP contribution in [0.15, 0.2) is 40.9 Å². The van der Waals surface area contributed by atoms with E-state index < -0.39 is 0 Å². The molecular weight excluding hydrogens is 471 g/mol. The minimum absolute atomic E-state index is 0.0602. The molecule has 156 valence electrons. The lowest BCUT2D eigenvalue weighted by Gasteiger charge is -2.32. The van der Waals surface area contributed by atoms with Gasteiger partial charge in [0.2, 0.25) is 0 Å². The fourth-order valence-electron chi connectivity index (χ4n) is 3.84. The maximum atomic E-state index is 12.1. The molecule has 2 aromatic rings. The molecule has 1 saturated heterocycles. The lowest BCUT2D eigenvalue weighted by Crippen LogP contribution is -2.35. The van der Waals surface area contributed by atoms with Gasteiger partial charge >= 0.3 is 0 Å². The molecule has 3 rings (SSSR count). The van der Waals surface area contributed by atoms with E-state index >= 15 is 0 Å². The van der Waals surface area contributed by atoms with Gasteiger partial charge in [0.25, 0.3) is 5.91 Å². The van der Waals surface area contributed by atoms with Crippen molar-refractivity contribution in [3.63, 3.8) is 0 Å². The normalized spacial score (nSPS) is 15.5. The van der Waals surface area contributed by atoms with Crippen molar-refractivity contribution >= 4 is 45.0 Å². The maximum absolute atomic E-state index is 12.1. The quantitative estimate of drug-likeness (QED) is 0.491. The topological polar surface area (TPSA) is 23.6 Å². The van der Waals surface area contributed by atoms with E-state index in [0.29, 0.717) is 16.5 Å². The molecule has 0 saturated carbocycles. The van der Waals surface area contributed by atoms with Crippen molar-refractivity contribution in [2.24, 2.45) is 5.92 Å². The van der Waals surface area contributed by atoms with Crippen LogP contribution in [0.4, 0.5) is 0 Å². The third-order valence-electron chi connectivity index (χ3n) is 5.61. The van der Waals surface area contributed by atoms with Gasteiger partial charge in [-0.25, -0.2) is 0 Å². The number of carbonyl (C=O) groups is 1. The third kappa shape index (κ3) is 6.21. The minimum Gasteiger partial charge on any atom is -0.345 e. The Balaban J connectivity index is 1.48. The van der Waals surface area contributed by atoms with E-state index in [2.05, 4.69) is 26.9 Å². The molecule has 2 aromatic carbocycles. The first-order valence-corrected chi connectivity index (χ1v) is 11.5. The Morgan fingerprint density at radius 3 is 2.52 bits per heavy atom. The van der Waals surface area contributed by atoms with Crippen LogP contribution in [-0.4, -0.2) is 49.4 Å². The van der Waals surface area contributed by atoms with Crippen LogP contribution in [0.3, 0.4) is 0 Å². The lowest BCUT2D eigenvalue weighted by molar-refractivity contribution is 0.0828. The number of likely N-dealkylation sites (tertiary alicyclic amines) is 1. The first-order valence-electron chi connectivity index (χ1n) is 10.00. The Bertz CT molecular complexity index is 864. The minimum atomic E-state index is -0.0602. The molecule has 0 aliphatic carbocycles. The molecule has 0 bridgehead atoms. The number of hydrogen-bond donors (Lipinski definition) is 0. The van der Waals surface area contributed by atoms with Crippen molar-refractivity contribution in [2.75, 3.05) is 33.7 Å². The molecular formula is C23H27BrCl2N2O. The number of hydrogen-bond acceptors (Lipinski definition) is 2. The first-order chi connectivity index (χ1) is 13.8. The molecule has 1 fully saturated rings. The summed E-state index contributed by atoms with van der Waals surface area (Å²) in [5.41, 5.74) is 3.04. The standard InChI is InChI=1S/C23H27BrCl2N2O/c1-27(2)23(29)20-5-3-16(14-22(20)26)7-10-28-11-8-17(9-12-28)13-18-15-19(25)4-6-21(18)24/h3-6,14-15,17H,7-13H2,1-2H3. The average Bonchev–Trinajstić information content (AvgIpc) is 2.70. The van der Waals surface area contributed by atoms with E-state index in [0.717, 1.165) is 42.0 Å². The summed E-state index contributed by atoms with van der Waals surface area (Å²) < 4.78 is 1.15. The summed E-state index contributed by atoms with van der Waals surface area (Å²) >= 11 is 16.1. The predicted octanol–water partition coefficient (Wildman–Crippen LogP) is 5.95. The molecule has 1 aliphatic rings. The van der Waals surface area contributed by atoms with Crippen molar-refractivity contribution in [3.8, 4) is 0 Å². The molecule has 1 amide bonds. The highest BCUT2D eigenvalue weighted by atomic mass is 79.9. The highest BCUT2D eigenvalue weighted by Gasteiger charge is 2.20. The van der Waals surface area contributed by atoms with Crippen LogP contribution < -0.4 is 0 Å². The Morgan fingerprint density at radius 1 is 1.14 bits per heavy atom. The molecule has 0 atom stereocenters. The highest BCUT2D eigenvalue weighted by Crippen LogP contribution is 2.28. The van der Waals surface area contributed by atoms with E-state index in [9.17, 15) is 4.79 Å². The SMILES string of the molecule is CN(C)C(=O)c1ccc(CCN2CCC(Cc3cc(Cl)ccc3Br)CC2)cc1Cl. The van der Waals surface area contributed by atoms with Crippen LogP contribution in [0.5, 0.6) is 0 Å². The van der Waals surface area contributed by atoms with Crippen molar-refractivity contribution in [3.05, 3.63) is 67.6 Å². The zero-order valence-corrected chi connectivity index (χ0v) is 20.0. The van der Waals surface area contributed by atoms with E-state index in [1.165, 1.54) is 24.0 Å². The molecule has 3 nitrogen and oxygen atoms in total. The van der Waals surface area contributed by atoms with Crippen molar-refractivity contribution in [2.45, 2.75) is 25.7 Å². The second-order valence-corrected chi connectivity index (χ2v) is 9.69. The number of halogens is 3. The number of rotatable bonds is 6. The summed E-state index contributed by atoms with van der Waals surface area (Å²) in [5.74, 6) is 0.641. The summed E-state index contributed by atoms with van der Waals surface area (Å²) in [6.07, 6.45) is 4.43. The summed E-state index contributed by atoms with van der Waals surface area (Å²) in [7, 11) is 3.47. The summed E-state index contributed by atoms with van der Waals surface area (Å²) in [6, 6.07) is 11.8. The van der Waals surface area contributed by atoms with E-state index in [-0.39, 0.29) is 5.91 Å². The predicted molar refractivity (Wildman–Crippen MR) is 125 cm³/mol. The molecule has 1 aliphatic heterocycles. The van der Waals surface area contributed by atoms with Gasteiger partial charge in [0.15, 0.2) is 0 Å². The van der Waals surface area contributed by atoms with E-state index in [1.54, 1.807) is 19.0 Å². The average molecular weight is 498 g/mol. The maximum Gasteiger partial charge on any atom is 0.254 e. The number of nitrogens with zero attached hydrogens (tertiary/aromatic N) is 2. The van der Waals surface area contributed by atoms with Gasteiger partial charge < -0.3 is 9.80 Å². The number of benzene rings is 2. The van der Waals surface area contributed by atoms with E-state index in [4.69, 9.17) is 23.2 Å². The molecule has 0 spiro atoms. The van der Waals surface area contributed by atoms with Crippen LogP contribution in [-0.2, 0) is 12.8 Å². The van der Waals surface area contributed by atoms with Crippen molar-refractivity contribution in [1.29, 1.82) is 0 Å². The van der Waals surface area contributed by atoms with Gasteiger partial charge in [0.1, 0.15) is 0 Å². The van der Waals surface area contributed by atoms with Gasteiger partial charge in [0.05, 0.1) is 10.6 Å². The van der Waals surface area contributed by atoms with Gasteiger partial charge in [-0.3, -0.25) is 4.79 Å². The van der Waals surface area contributed by atoms with Crippen molar-refractivity contribution < 1.29 is 4.79 Å². The molecule has 0 N–H and O–H groups in total. The lowest BCUT2D eigenvalue weighted by atomic mass is 9.90. The molecule has 0 aromatic heterocycles. The smallest absolute Gasteiger partial charge is 0.254 e.